The minimum Gasteiger partial charge on any atom is -0.458 e. The molecular formula is C9H17O8PS. The highest BCUT2D eigenvalue weighted by atomic mass is 32.2. The minimum absolute atomic E-state index is 0.130. The molecule has 1 aliphatic rings. The van der Waals surface area contributed by atoms with Gasteiger partial charge in [-0.15, -0.1) is 0 Å². The molecule has 0 radical (unpaired) electrons. The van der Waals surface area contributed by atoms with Crippen molar-refractivity contribution in [1.82, 2.24) is 0 Å². The summed E-state index contributed by atoms with van der Waals surface area (Å²) >= 11 is 0. The number of hydrogen-bond donors (Lipinski definition) is 0. The first kappa shape index (κ1) is 16.6. The maximum absolute atomic E-state index is 12.0. The Balaban J connectivity index is 2.52. The van der Waals surface area contributed by atoms with Gasteiger partial charge in [0, 0.05) is 0 Å². The third-order valence-electron chi connectivity index (χ3n) is 2.10. The summed E-state index contributed by atoms with van der Waals surface area (Å²) in [6.07, 6.45) is -1.43. The van der Waals surface area contributed by atoms with E-state index in [-0.39, 0.29) is 19.8 Å². The van der Waals surface area contributed by atoms with E-state index in [2.05, 4.69) is 4.18 Å². The van der Waals surface area contributed by atoms with Crippen LogP contribution in [0.4, 0.5) is 0 Å². The Bertz CT molecular complexity index is 449. The molecule has 0 amide bonds. The molecule has 0 aromatic carbocycles. The third kappa shape index (κ3) is 5.58. The first-order chi connectivity index (χ1) is 8.80. The van der Waals surface area contributed by atoms with Gasteiger partial charge < -0.3 is 13.8 Å². The molecule has 10 heteroatoms. The normalized spacial score (nSPS) is 22.3. The summed E-state index contributed by atoms with van der Waals surface area (Å²) in [6, 6.07) is 0. The number of esters is 1. The summed E-state index contributed by atoms with van der Waals surface area (Å²) < 4.78 is 53.2. The number of rotatable bonds is 7. The van der Waals surface area contributed by atoms with E-state index in [1.165, 1.54) is 0 Å². The maximum Gasteiger partial charge on any atom is 0.341 e. The fourth-order valence-electron chi connectivity index (χ4n) is 1.47. The Morgan fingerprint density at radius 1 is 1.32 bits per heavy atom. The summed E-state index contributed by atoms with van der Waals surface area (Å²) in [7, 11) is -7.14. The lowest BCUT2D eigenvalue weighted by molar-refractivity contribution is -0.145. The number of carbonyl (C=O) groups excluding carboxylic acids is 1. The molecule has 0 bridgehead atoms. The predicted octanol–water partition coefficient (Wildman–Crippen LogP) is 0.524. The van der Waals surface area contributed by atoms with Crippen LogP contribution in [0.1, 0.15) is 13.8 Å². The average Bonchev–Trinajstić information content (AvgIpc) is 2.57. The van der Waals surface area contributed by atoms with E-state index in [1.54, 1.807) is 13.8 Å². The van der Waals surface area contributed by atoms with Gasteiger partial charge in [0.2, 0.25) is 0 Å². The van der Waals surface area contributed by atoms with Gasteiger partial charge in [-0.2, -0.15) is 8.42 Å². The molecule has 0 aliphatic carbocycles. The lowest BCUT2D eigenvalue weighted by atomic mass is 10.4. The molecule has 0 saturated carbocycles. The van der Waals surface area contributed by atoms with Crippen LogP contribution in [0, 0.1) is 0 Å². The highest BCUT2D eigenvalue weighted by Crippen LogP contribution is 2.47. The molecule has 1 aliphatic heterocycles. The maximum atomic E-state index is 12.0. The molecule has 1 fully saturated rings. The lowest BCUT2D eigenvalue weighted by Crippen LogP contribution is -2.24. The van der Waals surface area contributed by atoms with E-state index in [1.807, 2.05) is 0 Å². The van der Waals surface area contributed by atoms with E-state index in [0.717, 1.165) is 0 Å². The quantitative estimate of drug-likeness (QED) is 0.380. The molecular weight excluding hydrogens is 299 g/mol. The first-order valence-electron chi connectivity index (χ1n) is 5.75. The number of ether oxygens (including phenoxy) is 1. The molecule has 19 heavy (non-hydrogen) atoms. The second-order valence-electron chi connectivity index (χ2n) is 3.73. The molecule has 0 aromatic heterocycles. The molecule has 1 rings (SSSR count). The smallest absolute Gasteiger partial charge is 0.341 e. The molecule has 112 valence electrons. The highest BCUT2D eigenvalue weighted by Gasteiger charge is 2.35. The van der Waals surface area contributed by atoms with Gasteiger partial charge in [0.1, 0.15) is 24.6 Å². The Morgan fingerprint density at radius 3 is 2.32 bits per heavy atom. The van der Waals surface area contributed by atoms with E-state index >= 15 is 0 Å². The van der Waals surface area contributed by atoms with Gasteiger partial charge in [-0.05, 0) is 13.8 Å². The molecule has 0 N–H and O–H groups in total. The third-order valence-corrected chi connectivity index (χ3v) is 5.32. The van der Waals surface area contributed by atoms with Crippen molar-refractivity contribution in [2.75, 3.05) is 31.7 Å². The zero-order valence-electron chi connectivity index (χ0n) is 10.7. The lowest BCUT2D eigenvalue weighted by Gasteiger charge is -2.17. The summed E-state index contributed by atoms with van der Waals surface area (Å²) in [4.78, 5) is 11.6. The van der Waals surface area contributed by atoms with E-state index < -0.39 is 41.7 Å². The zero-order chi connectivity index (χ0) is 14.5. The summed E-state index contributed by atoms with van der Waals surface area (Å²) in [6.45, 7) is 3.28. The Hall–Kier alpha value is -0.470. The molecule has 0 aromatic rings. The van der Waals surface area contributed by atoms with Crippen LogP contribution >= 0.6 is 7.60 Å². The minimum atomic E-state index is -3.61. The van der Waals surface area contributed by atoms with Crippen molar-refractivity contribution in [2.45, 2.75) is 20.0 Å². The Kier molecular flexibility index (Phi) is 5.94. The van der Waals surface area contributed by atoms with Crippen LogP contribution in [0.2, 0.25) is 0 Å². The van der Waals surface area contributed by atoms with Crippen molar-refractivity contribution >= 4 is 23.7 Å². The van der Waals surface area contributed by atoms with Gasteiger partial charge in [0.25, 0.3) is 10.1 Å². The van der Waals surface area contributed by atoms with Crippen molar-refractivity contribution in [2.24, 2.45) is 0 Å². The van der Waals surface area contributed by atoms with Crippen molar-refractivity contribution < 1.29 is 35.7 Å². The first-order valence-corrected chi connectivity index (χ1v) is 9.05. The molecule has 8 nitrogen and oxygen atoms in total. The van der Waals surface area contributed by atoms with Crippen LogP contribution in [0.25, 0.3) is 0 Å². The summed E-state index contributed by atoms with van der Waals surface area (Å²) in [5.74, 6) is -1.23. The monoisotopic (exact) mass is 316 g/mol. The van der Waals surface area contributed by atoms with Gasteiger partial charge in [0.05, 0.1) is 13.2 Å². The second kappa shape index (κ2) is 6.81. The van der Waals surface area contributed by atoms with Crippen LogP contribution in [0.3, 0.4) is 0 Å². The predicted molar refractivity (Wildman–Crippen MR) is 65.3 cm³/mol. The van der Waals surface area contributed by atoms with E-state index in [0.29, 0.717) is 0 Å². The average molecular weight is 316 g/mol. The van der Waals surface area contributed by atoms with Gasteiger partial charge in [-0.25, -0.2) is 0 Å². The van der Waals surface area contributed by atoms with Crippen LogP contribution in [0.15, 0.2) is 0 Å². The van der Waals surface area contributed by atoms with Crippen LogP contribution in [-0.4, -0.2) is 52.2 Å². The van der Waals surface area contributed by atoms with Crippen molar-refractivity contribution in [3.8, 4) is 0 Å². The second-order valence-corrected chi connectivity index (χ2v) is 7.46. The molecule has 1 saturated heterocycles. The van der Waals surface area contributed by atoms with Gasteiger partial charge in [-0.3, -0.25) is 13.5 Å². The molecule has 0 spiro atoms. The topological polar surface area (TPSA) is 105 Å². The highest BCUT2D eigenvalue weighted by molar-refractivity contribution is 7.87. The van der Waals surface area contributed by atoms with Crippen molar-refractivity contribution in [3.05, 3.63) is 0 Å². The van der Waals surface area contributed by atoms with Crippen LogP contribution in [0.5, 0.6) is 0 Å². The Labute approximate surface area is 112 Å². The number of hydrogen-bond acceptors (Lipinski definition) is 8. The molecule has 1 unspecified atom stereocenters. The van der Waals surface area contributed by atoms with Gasteiger partial charge >= 0.3 is 13.6 Å². The van der Waals surface area contributed by atoms with Crippen molar-refractivity contribution in [1.29, 1.82) is 0 Å². The van der Waals surface area contributed by atoms with E-state index in [4.69, 9.17) is 13.8 Å². The van der Waals surface area contributed by atoms with Gasteiger partial charge in [0.15, 0.2) is 0 Å². The van der Waals surface area contributed by atoms with E-state index in [9.17, 15) is 17.8 Å². The zero-order valence-corrected chi connectivity index (χ0v) is 12.4. The van der Waals surface area contributed by atoms with Gasteiger partial charge in [-0.1, -0.05) is 0 Å². The Morgan fingerprint density at radius 2 is 1.89 bits per heavy atom. The largest absolute Gasteiger partial charge is 0.458 e. The summed E-state index contributed by atoms with van der Waals surface area (Å²) in [5.41, 5.74) is 0. The SMILES string of the molecule is CCOP(=O)(CC(=O)OC1COS(=O)(=O)C1)OCC. The fraction of sp³-hybridized carbons (Fsp3) is 0.889. The number of carbonyl (C=O) groups is 1. The van der Waals surface area contributed by atoms with Crippen molar-refractivity contribution in [3.63, 3.8) is 0 Å². The van der Waals surface area contributed by atoms with Crippen LogP contribution in [-0.2, 0) is 37.4 Å². The molecule has 1 atom stereocenters. The fourth-order valence-corrected chi connectivity index (χ4v) is 3.98. The standard InChI is InChI=1S/C9H17O8PS/c1-3-14-18(11,15-4-2)6-9(10)17-8-5-16-19(12,13)7-8/h8H,3-7H2,1-2H3. The molecule has 1 heterocycles. The van der Waals surface area contributed by atoms with Crippen LogP contribution < -0.4 is 0 Å². The summed E-state index contributed by atoms with van der Waals surface area (Å²) in [5, 5.41) is 0.